The Hall–Kier alpha value is -2.64. The second-order valence-corrected chi connectivity index (χ2v) is 6.38. The molecular weight excluding hydrogens is 327 g/mol. The first kappa shape index (κ1) is 16.2. The molecule has 2 aromatic carbocycles. The van der Waals surface area contributed by atoms with E-state index in [4.69, 9.17) is 5.73 Å². The number of benzene rings is 2. The molecule has 0 amide bonds. The zero-order chi connectivity index (χ0) is 17.1. The SMILES string of the molecule is CNS(=O)c1ccccc1-c1ccc(-c2cnc(N)cn2)c(F)c1. The van der Waals surface area contributed by atoms with Crippen molar-refractivity contribution in [3.8, 4) is 22.4 Å². The number of nitrogens with one attached hydrogen (secondary N) is 1. The molecule has 0 bridgehead atoms. The Morgan fingerprint density at radius 2 is 1.88 bits per heavy atom. The van der Waals surface area contributed by atoms with Crippen LogP contribution in [0.3, 0.4) is 0 Å². The van der Waals surface area contributed by atoms with Crippen molar-refractivity contribution in [2.24, 2.45) is 0 Å². The molecule has 1 aromatic heterocycles. The minimum atomic E-state index is -1.36. The van der Waals surface area contributed by atoms with Crippen molar-refractivity contribution in [3.63, 3.8) is 0 Å². The maximum Gasteiger partial charge on any atom is 0.141 e. The summed E-state index contributed by atoms with van der Waals surface area (Å²) in [5.41, 5.74) is 7.58. The zero-order valence-corrected chi connectivity index (χ0v) is 13.7. The molecule has 0 radical (unpaired) electrons. The monoisotopic (exact) mass is 342 g/mol. The molecule has 0 aliphatic heterocycles. The molecule has 1 atom stereocenters. The Morgan fingerprint density at radius 1 is 1.08 bits per heavy atom. The van der Waals surface area contributed by atoms with Gasteiger partial charge in [0.15, 0.2) is 0 Å². The fourth-order valence-electron chi connectivity index (χ4n) is 2.34. The summed E-state index contributed by atoms with van der Waals surface area (Å²) in [4.78, 5) is 8.61. The smallest absolute Gasteiger partial charge is 0.141 e. The average Bonchev–Trinajstić information content (AvgIpc) is 2.62. The van der Waals surface area contributed by atoms with Gasteiger partial charge in [-0.1, -0.05) is 24.3 Å². The third-order valence-corrected chi connectivity index (χ3v) is 4.63. The fourth-order valence-corrected chi connectivity index (χ4v) is 3.15. The fraction of sp³-hybridized carbons (Fsp3) is 0.0588. The largest absolute Gasteiger partial charge is 0.382 e. The lowest BCUT2D eigenvalue weighted by molar-refractivity contribution is 0.631. The molecular formula is C17H15FN4OS. The van der Waals surface area contributed by atoms with Gasteiger partial charge in [-0.3, -0.25) is 4.98 Å². The maximum absolute atomic E-state index is 14.5. The molecule has 0 aliphatic rings. The van der Waals surface area contributed by atoms with Gasteiger partial charge in [0.1, 0.15) is 22.6 Å². The number of aromatic nitrogens is 2. The molecule has 24 heavy (non-hydrogen) atoms. The highest BCUT2D eigenvalue weighted by Crippen LogP contribution is 2.30. The van der Waals surface area contributed by atoms with Gasteiger partial charge in [-0.15, -0.1) is 0 Å². The first-order chi connectivity index (χ1) is 11.6. The summed E-state index contributed by atoms with van der Waals surface area (Å²) in [6, 6.07) is 12.0. The molecule has 3 aromatic rings. The van der Waals surface area contributed by atoms with Gasteiger partial charge in [0.2, 0.25) is 0 Å². The lowest BCUT2D eigenvalue weighted by atomic mass is 10.0. The van der Waals surface area contributed by atoms with Crippen molar-refractivity contribution in [1.82, 2.24) is 14.7 Å². The van der Waals surface area contributed by atoms with Crippen LogP contribution in [0, 0.1) is 5.82 Å². The second-order valence-electron chi connectivity index (χ2n) is 4.99. The van der Waals surface area contributed by atoms with Crippen molar-refractivity contribution in [2.45, 2.75) is 4.90 Å². The second kappa shape index (κ2) is 6.86. The van der Waals surface area contributed by atoms with Crippen LogP contribution >= 0.6 is 0 Å². The predicted octanol–water partition coefficient (Wildman–Crippen LogP) is 2.77. The van der Waals surface area contributed by atoms with E-state index >= 15 is 0 Å². The van der Waals surface area contributed by atoms with Gasteiger partial charge in [-0.25, -0.2) is 18.3 Å². The van der Waals surface area contributed by atoms with Gasteiger partial charge in [0, 0.05) is 5.56 Å². The summed E-state index contributed by atoms with van der Waals surface area (Å²) in [6.07, 6.45) is 2.81. The van der Waals surface area contributed by atoms with E-state index < -0.39 is 16.8 Å². The first-order valence-electron chi connectivity index (χ1n) is 7.16. The Balaban J connectivity index is 2.05. The summed E-state index contributed by atoms with van der Waals surface area (Å²) in [5.74, 6) is -0.157. The van der Waals surface area contributed by atoms with E-state index in [9.17, 15) is 8.60 Å². The van der Waals surface area contributed by atoms with Gasteiger partial charge in [0.05, 0.1) is 23.0 Å². The summed E-state index contributed by atoms with van der Waals surface area (Å²) in [5, 5.41) is 0. The van der Waals surface area contributed by atoms with Crippen molar-refractivity contribution in [1.29, 1.82) is 0 Å². The molecule has 0 saturated heterocycles. The molecule has 122 valence electrons. The van der Waals surface area contributed by atoms with Crippen LogP contribution in [0.1, 0.15) is 0 Å². The lowest BCUT2D eigenvalue weighted by Crippen LogP contribution is -2.11. The molecule has 0 fully saturated rings. The number of rotatable bonds is 4. The van der Waals surface area contributed by atoms with Gasteiger partial charge in [-0.2, -0.15) is 0 Å². The van der Waals surface area contributed by atoms with E-state index in [-0.39, 0.29) is 5.82 Å². The standard InChI is InChI=1S/C17H15FN4OS/c1-20-24(23)16-5-3-2-4-12(16)11-6-7-13(14(18)8-11)15-9-22-17(19)10-21-15/h2-10,20H,1H3,(H2,19,22). The van der Waals surface area contributed by atoms with Crippen LogP contribution in [0.4, 0.5) is 10.2 Å². The zero-order valence-electron chi connectivity index (χ0n) is 12.9. The van der Waals surface area contributed by atoms with Crippen LogP contribution in [-0.2, 0) is 11.0 Å². The number of hydrogen-bond acceptors (Lipinski definition) is 4. The lowest BCUT2D eigenvalue weighted by Gasteiger charge is -2.10. The Kier molecular flexibility index (Phi) is 4.64. The van der Waals surface area contributed by atoms with Crippen molar-refractivity contribution < 1.29 is 8.60 Å². The molecule has 5 nitrogen and oxygen atoms in total. The van der Waals surface area contributed by atoms with Crippen LogP contribution in [0.25, 0.3) is 22.4 Å². The predicted molar refractivity (Wildman–Crippen MR) is 92.7 cm³/mol. The summed E-state index contributed by atoms with van der Waals surface area (Å²) in [6.45, 7) is 0. The number of anilines is 1. The van der Waals surface area contributed by atoms with Crippen LogP contribution in [-0.4, -0.2) is 21.2 Å². The molecule has 3 N–H and O–H groups in total. The molecule has 1 unspecified atom stereocenters. The summed E-state index contributed by atoms with van der Waals surface area (Å²) in [7, 11) is 0.246. The van der Waals surface area contributed by atoms with Gasteiger partial charge in [0.25, 0.3) is 0 Å². The molecule has 0 aliphatic carbocycles. The minimum Gasteiger partial charge on any atom is -0.382 e. The molecule has 0 spiro atoms. The molecule has 0 saturated carbocycles. The quantitative estimate of drug-likeness (QED) is 0.764. The Morgan fingerprint density at radius 3 is 2.54 bits per heavy atom. The molecule has 7 heteroatoms. The maximum atomic E-state index is 14.5. The van der Waals surface area contributed by atoms with Crippen molar-refractivity contribution in [3.05, 3.63) is 60.7 Å². The van der Waals surface area contributed by atoms with E-state index in [0.29, 0.717) is 27.3 Å². The number of nitrogens with two attached hydrogens (primary N) is 1. The first-order valence-corrected chi connectivity index (χ1v) is 8.31. The van der Waals surface area contributed by atoms with Crippen LogP contribution in [0.2, 0.25) is 0 Å². The van der Waals surface area contributed by atoms with E-state index in [1.807, 2.05) is 12.1 Å². The van der Waals surface area contributed by atoms with Crippen LogP contribution < -0.4 is 10.5 Å². The number of halogens is 1. The highest BCUT2D eigenvalue weighted by Gasteiger charge is 2.13. The van der Waals surface area contributed by atoms with E-state index in [0.717, 1.165) is 0 Å². The summed E-state index contributed by atoms with van der Waals surface area (Å²) < 4.78 is 29.3. The van der Waals surface area contributed by atoms with E-state index in [1.54, 1.807) is 31.3 Å². The minimum absolute atomic E-state index is 0.277. The highest BCUT2D eigenvalue weighted by molar-refractivity contribution is 7.83. The van der Waals surface area contributed by atoms with Crippen LogP contribution in [0.15, 0.2) is 59.8 Å². The topological polar surface area (TPSA) is 80.9 Å². The summed E-state index contributed by atoms with van der Waals surface area (Å²) >= 11 is 0. The third-order valence-electron chi connectivity index (χ3n) is 3.50. The number of hydrogen-bond donors (Lipinski definition) is 2. The van der Waals surface area contributed by atoms with E-state index in [2.05, 4.69) is 14.7 Å². The normalized spacial score (nSPS) is 12.1. The third kappa shape index (κ3) is 3.17. The van der Waals surface area contributed by atoms with Gasteiger partial charge >= 0.3 is 0 Å². The highest BCUT2D eigenvalue weighted by atomic mass is 32.2. The Bertz CT molecular complexity index is 899. The number of nitrogen functional groups attached to an aromatic ring is 1. The van der Waals surface area contributed by atoms with Gasteiger partial charge < -0.3 is 5.73 Å². The van der Waals surface area contributed by atoms with Gasteiger partial charge in [-0.05, 0) is 36.4 Å². The molecule has 3 rings (SSSR count). The van der Waals surface area contributed by atoms with Crippen LogP contribution in [0.5, 0.6) is 0 Å². The van der Waals surface area contributed by atoms with E-state index in [1.165, 1.54) is 18.5 Å². The van der Waals surface area contributed by atoms with Crippen molar-refractivity contribution in [2.75, 3.05) is 12.8 Å². The van der Waals surface area contributed by atoms with Crippen molar-refractivity contribution >= 4 is 16.8 Å². The average molecular weight is 342 g/mol. The molecule has 1 heterocycles. The number of nitrogens with zero attached hydrogens (tertiary/aromatic N) is 2. The Labute approximate surface area is 141 Å².